The molecule has 0 N–H and O–H groups in total. The Morgan fingerprint density at radius 1 is 0.560 bits per heavy atom. The van der Waals surface area contributed by atoms with Crippen molar-refractivity contribution >= 4 is 0 Å². The molecule has 0 fully saturated rings. The highest BCUT2D eigenvalue weighted by Gasteiger charge is 2.09. The maximum Gasteiger partial charge on any atom is 0.163 e. The van der Waals surface area contributed by atoms with Crippen LogP contribution in [0.15, 0.2) is 85.2 Å². The molecule has 0 unspecified atom stereocenters. The van der Waals surface area contributed by atoms with Crippen molar-refractivity contribution < 1.29 is 0 Å². The van der Waals surface area contributed by atoms with E-state index in [1.807, 2.05) is 19.1 Å². The molecule has 3 heteroatoms. The molecule has 0 aliphatic carbocycles. The summed E-state index contributed by atoms with van der Waals surface area (Å²) >= 11 is 0. The van der Waals surface area contributed by atoms with E-state index >= 15 is 0 Å². The number of aromatic nitrogens is 3. The first kappa shape index (κ1) is 15.2. The van der Waals surface area contributed by atoms with Crippen LogP contribution >= 0.6 is 0 Å². The molecule has 1 heterocycles. The van der Waals surface area contributed by atoms with Crippen molar-refractivity contribution in [2.45, 2.75) is 6.92 Å². The van der Waals surface area contributed by atoms with Crippen molar-refractivity contribution in [2.75, 3.05) is 0 Å². The topological polar surface area (TPSA) is 38.7 Å². The lowest BCUT2D eigenvalue weighted by Crippen LogP contribution is -1.95. The van der Waals surface area contributed by atoms with Gasteiger partial charge in [-0.1, -0.05) is 60.7 Å². The highest BCUT2D eigenvalue weighted by molar-refractivity contribution is 5.79. The van der Waals surface area contributed by atoms with Gasteiger partial charge in [-0.25, -0.2) is 15.0 Å². The summed E-state index contributed by atoms with van der Waals surface area (Å²) in [6, 6.07) is 27.2. The fourth-order valence-corrected chi connectivity index (χ4v) is 2.87. The van der Waals surface area contributed by atoms with E-state index in [0.717, 1.165) is 22.5 Å². The standard InChI is InChI=1S/C22H17N3/c1-16-23-15-24-22(25-16)21-13-19(17-8-4-2-5-9-17)12-20(14-21)18-10-6-3-7-11-18/h2-15H,1H3. The van der Waals surface area contributed by atoms with Crippen molar-refractivity contribution in [3.8, 4) is 33.6 Å². The van der Waals surface area contributed by atoms with E-state index in [-0.39, 0.29) is 0 Å². The maximum absolute atomic E-state index is 4.49. The van der Waals surface area contributed by atoms with Crippen molar-refractivity contribution in [3.63, 3.8) is 0 Å². The monoisotopic (exact) mass is 323 g/mol. The van der Waals surface area contributed by atoms with Gasteiger partial charge in [-0.3, -0.25) is 0 Å². The fourth-order valence-electron chi connectivity index (χ4n) is 2.87. The van der Waals surface area contributed by atoms with Crippen molar-refractivity contribution in [3.05, 3.63) is 91.0 Å². The summed E-state index contributed by atoms with van der Waals surface area (Å²) in [4.78, 5) is 13.0. The van der Waals surface area contributed by atoms with Crippen LogP contribution in [0.1, 0.15) is 5.82 Å². The first-order chi connectivity index (χ1) is 12.3. The van der Waals surface area contributed by atoms with Gasteiger partial charge in [0.05, 0.1) is 0 Å². The predicted octanol–water partition coefficient (Wildman–Crippen LogP) is 5.18. The van der Waals surface area contributed by atoms with Gasteiger partial charge in [0.1, 0.15) is 12.2 Å². The summed E-state index contributed by atoms with van der Waals surface area (Å²) in [6.07, 6.45) is 1.56. The summed E-state index contributed by atoms with van der Waals surface area (Å²) < 4.78 is 0. The van der Waals surface area contributed by atoms with E-state index < -0.39 is 0 Å². The molecule has 3 nitrogen and oxygen atoms in total. The summed E-state index contributed by atoms with van der Waals surface area (Å²) in [5.41, 5.74) is 5.63. The lowest BCUT2D eigenvalue weighted by Gasteiger charge is -2.10. The molecule has 1 aromatic heterocycles. The van der Waals surface area contributed by atoms with Crippen molar-refractivity contribution in [1.82, 2.24) is 15.0 Å². The Kier molecular flexibility index (Phi) is 4.05. The Hall–Kier alpha value is -3.33. The SMILES string of the molecule is Cc1ncnc(-c2cc(-c3ccccc3)cc(-c3ccccc3)c2)n1. The highest BCUT2D eigenvalue weighted by Crippen LogP contribution is 2.31. The molecule has 0 radical (unpaired) electrons. The third-order valence-electron chi connectivity index (χ3n) is 4.10. The molecular formula is C22H17N3. The third-order valence-corrected chi connectivity index (χ3v) is 4.10. The van der Waals surface area contributed by atoms with Gasteiger partial charge in [-0.05, 0) is 47.4 Å². The Labute approximate surface area is 147 Å². The molecule has 4 aromatic rings. The van der Waals surface area contributed by atoms with Crippen LogP contribution in [0, 0.1) is 6.92 Å². The predicted molar refractivity (Wildman–Crippen MR) is 101 cm³/mol. The molecule has 0 atom stereocenters. The average molecular weight is 323 g/mol. The zero-order valence-electron chi connectivity index (χ0n) is 13.9. The number of rotatable bonds is 3. The van der Waals surface area contributed by atoms with Crippen LogP contribution in [-0.2, 0) is 0 Å². The Bertz CT molecular complexity index is 938. The Balaban J connectivity index is 1.92. The molecule has 4 rings (SSSR count). The van der Waals surface area contributed by atoms with Gasteiger partial charge in [0, 0.05) is 5.56 Å². The average Bonchev–Trinajstić information content (AvgIpc) is 2.69. The fraction of sp³-hybridized carbons (Fsp3) is 0.0455. The van der Waals surface area contributed by atoms with Crippen LogP contribution in [0.3, 0.4) is 0 Å². The first-order valence-electron chi connectivity index (χ1n) is 8.21. The lowest BCUT2D eigenvalue weighted by atomic mass is 9.96. The van der Waals surface area contributed by atoms with Gasteiger partial charge < -0.3 is 0 Å². The molecule has 0 spiro atoms. The summed E-state index contributed by atoms with van der Waals surface area (Å²) in [6.45, 7) is 1.88. The number of hydrogen-bond acceptors (Lipinski definition) is 3. The molecule has 0 saturated heterocycles. The smallest absolute Gasteiger partial charge is 0.163 e. The van der Waals surface area contributed by atoms with Gasteiger partial charge >= 0.3 is 0 Å². The molecule has 25 heavy (non-hydrogen) atoms. The van der Waals surface area contributed by atoms with Crippen LogP contribution in [0.2, 0.25) is 0 Å². The van der Waals surface area contributed by atoms with E-state index in [9.17, 15) is 0 Å². The second-order valence-electron chi connectivity index (χ2n) is 5.89. The van der Waals surface area contributed by atoms with E-state index in [1.165, 1.54) is 11.1 Å². The van der Waals surface area contributed by atoms with E-state index in [0.29, 0.717) is 5.82 Å². The van der Waals surface area contributed by atoms with Crippen LogP contribution in [-0.4, -0.2) is 15.0 Å². The van der Waals surface area contributed by atoms with Gasteiger partial charge in [-0.15, -0.1) is 0 Å². The third kappa shape index (κ3) is 3.31. The van der Waals surface area contributed by atoms with Crippen molar-refractivity contribution in [2.24, 2.45) is 0 Å². The van der Waals surface area contributed by atoms with Gasteiger partial charge in [0.15, 0.2) is 5.82 Å². The zero-order valence-corrected chi connectivity index (χ0v) is 13.9. The number of hydrogen-bond donors (Lipinski definition) is 0. The molecule has 3 aromatic carbocycles. The largest absolute Gasteiger partial charge is 0.222 e. The van der Waals surface area contributed by atoms with E-state index in [4.69, 9.17) is 0 Å². The molecule has 120 valence electrons. The highest BCUT2D eigenvalue weighted by atomic mass is 15.0. The van der Waals surface area contributed by atoms with Crippen molar-refractivity contribution in [1.29, 1.82) is 0 Å². The van der Waals surface area contributed by atoms with E-state index in [1.54, 1.807) is 6.33 Å². The minimum atomic E-state index is 0.697. The van der Waals surface area contributed by atoms with Gasteiger partial charge in [0.25, 0.3) is 0 Å². The zero-order chi connectivity index (χ0) is 17.1. The van der Waals surface area contributed by atoms with Gasteiger partial charge in [0.2, 0.25) is 0 Å². The Morgan fingerprint density at radius 3 is 1.60 bits per heavy atom. The molecule has 0 bridgehead atoms. The van der Waals surface area contributed by atoms with Gasteiger partial charge in [-0.2, -0.15) is 0 Å². The van der Waals surface area contributed by atoms with E-state index in [2.05, 4.69) is 81.7 Å². The number of nitrogens with zero attached hydrogens (tertiary/aromatic N) is 3. The van der Waals surface area contributed by atoms with Crippen LogP contribution in [0.5, 0.6) is 0 Å². The second-order valence-corrected chi connectivity index (χ2v) is 5.89. The second kappa shape index (κ2) is 6.65. The number of benzene rings is 3. The summed E-state index contributed by atoms with van der Waals surface area (Å²) in [7, 11) is 0. The normalized spacial score (nSPS) is 10.6. The molecule has 0 saturated carbocycles. The first-order valence-corrected chi connectivity index (χ1v) is 8.21. The van der Waals surface area contributed by atoms with Crippen LogP contribution in [0.25, 0.3) is 33.6 Å². The molecular weight excluding hydrogens is 306 g/mol. The number of aryl methyl sites for hydroxylation is 1. The molecule has 0 amide bonds. The Morgan fingerprint density at radius 2 is 1.08 bits per heavy atom. The van der Waals surface area contributed by atoms with Crippen LogP contribution < -0.4 is 0 Å². The minimum Gasteiger partial charge on any atom is -0.222 e. The summed E-state index contributed by atoms with van der Waals surface area (Å²) in [5, 5.41) is 0. The lowest BCUT2D eigenvalue weighted by molar-refractivity contribution is 0.983. The quantitative estimate of drug-likeness (QED) is 0.521. The minimum absolute atomic E-state index is 0.697. The molecule has 0 aliphatic rings. The maximum atomic E-state index is 4.49. The van der Waals surface area contributed by atoms with Crippen LogP contribution in [0.4, 0.5) is 0 Å². The molecule has 0 aliphatic heterocycles. The summed E-state index contributed by atoms with van der Waals surface area (Å²) in [5.74, 6) is 1.42.